The van der Waals surface area contributed by atoms with E-state index in [2.05, 4.69) is 4.98 Å². The number of halogens is 1. The first-order valence-corrected chi connectivity index (χ1v) is 8.35. The van der Waals surface area contributed by atoms with Crippen molar-refractivity contribution in [3.05, 3.63) is 60.1 Å². The summed E-state index contributed by atoms with van der Waals surface area (Å²) < 4.78 is 17.3. The minimum Gasteiger partial charge on any atom is -0.335 e. The molecule has 1 aliphatic carbocycles. The summed E-state index contributed by atoms with van der Waals surface area (Å²) in [5, 5.41) is 0.953. The summed E-state index contributed by atoms with van der Waals surface area (Å²) in [6.07, 6.45) is 6.90. The monoisotopic (exact) mass is 333 g/mol. The van der Waals surface area contributed by atoms with Crippen LogP contribution in [0.5, 0.6) is 0 Å². The Kier molecular flexibility index (Phi) is 3.00. The van der Waals surface area contributed by atoms with E-state index in [0.29, 0.717) is 5.95 Å². The summed E-state index contributed by atoms with van der Waals surface area (Å²) in [6.45, 7) is 0. The largest absolute Gasteiger partial charge is 0.335 e. The molecule has 0 spiro atoms. The number of nitrogens with zero attached hydrogens (tertiary/aromatic N) is 5. The van der Waals surface area contributed by atoms with Gasteiger partial charge in [0, 0.05) is 29.9 Å². The van der Waals surface area contributed by atoms with Crippen molar-refractivity contribution in [3.63, 3.8) is 0 Å². The highest BCUT2D eigenvalue weighted by Gasteiger charge is 2.21. The minimum absolute atomic E-state index is 0.255. The fourth-order valence-electron chi connectivity index (χ4n) is 3.54. The third-order valence-electron chi connectivity index (χ3n) is 4.83. The van der Waals surface area contributed by atoms with Gasteiger partial charge in [-0.3, -0.25) is 4.57 Å². The van der Waals surface area contributed by atoms with Crippen molar-refractivity contribution in [2.75, 3.05) is 0 Å². The van der Waals surface area contributed by atoms with Crippen molar-refractivity contribution in [1.82, 2.24) is 24.1 Å². The molecule has 124 valence electrons. The summed E-state index contributed by atoms with van der Waals surface area (Å²) >= 11 is 0. The Morgan fingerprint density at radius 3 is 2.72 bits per heavy atom. The lowest BCUT2D eigenvalue weighted by Crippen LogP contribution is -2.06. The molecule has 3 heterocycles. The lowest BCUT2D eigenvalue weighted by molar-refractivity contribution is 0.628. The van der Waals surface area contributed by atoms with Gasteiger partial charge in [0.25, 0.3) is 0 Å². The van der Waals surface area contributed by atoms with Crippen LogP contribution in [0.25, 0.3) is 28.2 Å². The molecule has 0 saturated heterocycles. The van der Waals surface area contributed by atoms with Crippen LogP contribution >= 0.6 is 0 Å². The Bertz CT molecular complexity index is 1090. The van der Waals surface area contributed by atoms with Crippen LogP contribution < -0.4 is 0 Å². The summed E-state index contributed by atoms with van der Waals surface area (Å²) in [5.41, 5.74) is 4.86. The maximum Gasteiger partial charge on any atom is 0.237 e. The van der Waals surface area contributed by atoms with Gasteiger partial charge in [-0.2, -0.15) is 4.98 Å². The number of hydrogen-bond acceptors (Lipinski definition) is 3. The molecule has 3 aromatic heterocycles. The Balaban J connectivity index is 1.78. The van der Waals surface area contributed by atoms with Crippen molar-refractivity contribution in [3.8, 4) is 17.2 Å². The normalized spacial score (nSPS) is 13.5. The van der Waals surface area contributed by atoms with Gasteiger partial charge in [0.15, 0.2) is 0 Å². The van der Waals surface area contributed by atoms with Gasteiger partial charge in [-0.05, 0) is 49.6 Å². The molecule has 0 atom stereocenters. The predicted octanol–water partition coefficient (Wildman–Crippen LogP) is 3.45. The molecule has 0 unspecified atom stereocenters. The highest BCUT2D eigenvalue weighted by molar-refractivity contribution is 5.91. The third kappa shape index (κ3) is 2.17. The SMILES string of the molecule is Cn1ccc2c(-c3ccc(F)cc3)nc(-n3cnc4c3CCC4)nc21. The van der Waals surface area contributed by atoms with E-state index in [1.54, 1.807) is 12.1 Å². The molecule has 5 nitrogen and oxygen atoms in total. The first-order valence-electron chi connectivity index (χ1n) is 8.35. The van der Waals surface area contributed by atoms with Crippen LogP contribution in [0.1, 0.15) is 17.8 Å². The van der Waals surface area contributed by atoms with Crippen molar-refractivity contribution >= 4 is 11.0 Å². The van der Waals surface area contributed by atoms with E-state index in [1.165, 1.54) is 17.8 Å². The summed E-state index contributed by atoms with van der Waals surface area (Å²) in [4.78, 5) is 14.1. The molecule has 0 fully saturated rings. The standard InChI is InChI=1S/C19H16FN5/c1-24-10-9-14-17(12-5-7-13(20)8-6-12)22-19(23-18(14)24)25-11-21-15-3-2-4-16(15)25/h5-11H,2-4H2,1H3. The zero-order valence-corrected chi connectivity index (χ0v) is 13.8. The van der Waals surface area contributed by atoms with Gasteiger partial charge in [-0.1, -0.05) is 0 Å². The van der Waals surface area contributed by atoms with Crippen LogP contribution in [0, 0.1) is 5.82 Å². The fourth-order valence-corrected chi connectivity index (χ4v) is 3.54. The summed E-state index contributed by atoms with van der Waals surface area (Å²) in [6, 6.07) is 8.43. The van der Waals surface area contributed by atoms with Crippen LogP contribution in [0.15, 0.2) is 42.9 Å². The Labute approximate surface area is 143 Å². The number of imidazole rings is 1. The Morgan fingerprint density at radius 1 is 1.04 bits per heavy atom. The molecule has 0 radical (unpaired) electrons. The molecular weight excluding hydrogens is 317 g/mol. The molecule has 1 aromatic carbocycles. The number of aromatic nitrogens is 5. The topological polar surface area (TPSA) is 48.5 Å². The second kappa shape index (κ2) is 5.24. The van der Waals surface area contributed by atoms with E-state index in [1.807, 2.05) is 34.8 Å². The number of hydrogen-bond donors (Lipinski definition) is 0. The van der Waals surface area contributed by atoms with Gasteiger partial charge in [0.1, 0.15) is 17.8 Å². The quantitative estimate of drug-likeness (QED) is 0.564. The van der Waals surface area contributed by atoms with Crippen molar-refractivity contribution < 1.29 is 4.39 Å². The van der Waals surface area contributed by atoms with E-state index in [0.717, 1.165) is 47.2 Å². The first-order chi connectivity index (χ1) is 12.2. The number of rotatable bonds is 2. The Morgan fingerprint density at radius 2 is 1.88 bits per heavy atom. The van der Waals surface area contributed by atoms with Crippen LogP contribution in [-0.4, -0.2) is 24.1 Å². The molecular formula is C19H16FN5. The average Bonchev–Trinajstić information content (AvgIpc) is 3.31. The molecule has 0 aliphatic heterocycles. The number of aryl methyl sites for hydroxylation is 2. The number of benzene rings is 1. The maximum atomic E-state index is 13.3. The molecule has 0 amide bonds. The van der Waals surface area contributed by atoms with E-state index in [-0.39, 0.29) is 5.82 Å². The zero-order valence-electron chi connectivity index (χ0n) is 13.8. The minimum atomic E-state index is -0.255. The van der Waals surface area contributed by atoms with Gasteiger partial charge in [0.2, 0.25) is 5.95 Å². The molecule has 25 heavy (non-hydrogen) atoms. The lowest BCUT2D eigenvalue weighted by Gasteiger charge is -2.09. The van der Waals surface area contributed by atoms with Gasteiger partial charge in [-0.25, -0.2) is 14.4 Å². The van der Waals surface area contributed by atoms with Crippen molar-refractivity contribution in [2.24, 2.45) is 7.05 Å². The molecule has 0 N–H and O–H groups in total. The van der Waals surface area contributed by atoms with Gasteiger partial charge < -0.3 is 4.57 Å². The molecule has 1 aliphatic rings. The van der Waals surface area contributed by atoms with Gasteiger partial charge in [0.05, 0.1) is 11.4 Å². The molecule has 5 rings (SSSR count). The lowest BCUT2D eigenvalue weighted by atomic mass is 10.1. The van der Waals surface area contributed by atoms with Gasteiger partial charge >= 0.3 is 0 Å². The first kappa shape index (κ1) is 14.3. The summed E-state index contributed by atoms with van der Waals surface area (Å²) in [5.74, 6) is 0.360. The van der Waals surface area contributed by atoms with Crippen molar-refractivity contribution in [1.29, 1.82) is 0 Å². The maximum absolute atomic E-state index is 13.3. The molecule has 0 bridgehead atoms. The van der Waals surface area contributed by atoms with Crippen LogP contribution in [0.3, 0.4) is 0 Å². The van der Waals surface area contributed by atoms with E-state index < -0.39 is 0 Å². The molecule has 0 saturated carbocycles. The average molecular weight is 333 g/mol. The molecule has 6 heteroatoms. The number of fused-ring (bicyclic) bond motifs is 2. The van der Waals surface area contributed by atoms with E-state index in [4.69, 9.17) is 9.97 Å². The second-order valence-corrected chi connectivity index (χ2v) is 6.40. The molecule has 4 aromatic rings. The Hall–Kier alpha value is -3.02. The van der Waals surface area contributed by atoms with Crippen molar-refractivity contribution in [2.45, 2.75) is 19.3 Å². The summed E-state index contributed by atoms with van der Waals surface area (Å²) in [7, 11) is 1.96. The smallest absolute Gasteiger partial charge is 0.237 e. The van der Waals surface area contributed by atoms with Gasteiger partial charge in [-0.15, -0.1) is 0 Å². The van der Waals surface area contributed by atoms with E-state index >= 15 is 0 Å². The predicted molar refractivity (Wildman–Crippen MR) is 93.1 cm³/mol. The zero-order chi connectivity index (χ0) is 17.0. The van der Waals surface area contributed by atoms with E-state index in [9.17, 15) is 4.39 Å². The second-order valence-electron chi connectivity index (χ2n) is 6.40. The fraction of sp³-hybridized carbons (Fsp3) is 0.211. The van der Waals surface area contributed by atoms with Crippen LogP contribution in [0.2, 0.25) is 0 Å². The van der Waals surface area contributed by atoms with Crippen LogP contribution in [0.4, 0.5) is 4.39 Å². The highest BCUT2D eigenvalue weighted by Crippen LogP contribution is 2.29. The third-order valence-corrected chi connectivity index (χ3v) is 4.83. The van der Waals surface area contributed by atoms with Crippen LogP contribution in [-0.2, 0) is 19.9 Å². The highest BCUT2D eigenvalue weighted by atomic mass is 19.1.